The Kier molecular flexibility index (Phi) is 4.33. The van der Waals surface area contributed by atoms with Gasteiger partial charge in [-0.3, -0.25) is 0 Å². The van der Waals surface area contributed by atoms with Crippen molar-refractivity contribution in [1.29, 1.82) is 0 Å². The molecule has 1 saturated carbocycles. The molecule has 2 aliphatic rings. The molecular weight excluding hydrogens is 278 g/mol. The van der Waals surface area contributed by atoms with Crippen LogP contribution in [0.3, 0.4) is 0 Å². The molecule has 1 aromatic rings. The molecule has 2 fully saturated rings. The zero-order chi connectivity index (χ0) is 15.7. The first kappa shape index (κ1) is 15.6. The minimum Gasteiger partial charge on any atom is -0.493 e. The number of ether oxygens (including phenoxy) is 2. The lowest BCUT2D eigenvalue weighted by molar-refractivity contribution is -0.0398. The Balaban J connectivity index is 2.13. The van der Waals surface area contributed by atoms with Crippen molar-refractivity contribution in [1.82, 2.24) is 4.90 Å². The van der Waals surface area contributed by atoms with Crippen molar-refractivity contribution >= 4 is 0 Å². The van der Waals surface area contributed by atoms with Crippen LogP contribution in [0, 0.1) is 5.92 Å². The highest BCUT2D eigenvalue weighted by atomic mass is 16.5. The van der Waals surface area contributed by atoms with Crippen LogP contribution in [0.25, 0.3) is 0 Å². The summed E-state index contributed by atoms with van der Waals surface area (Å²) in [6.07, 6.45) is 3.82. The lowest BCUT2D eigenvalue weighted by Gasteiger charge is -2.53. The van der Waals surface area contributed by atoms with E-state index in [1.807, 2.05) is 12.1 Å². The number of nitrogens with zero attached hydrogens (tertiary/aromatic N) is 1. The molecule has 3 atom stereocenters. The normalized spacial score (nSPS) is 32.4. The number of methoxy groups -OCH3 is 2. The van der Waals surface area contributed by atoms with Crippen molar-refractivity contribution in [2.75, 3.05) is 34.4 Å². The van der Waals surface area contributed by atoms with Gasteiger partial charge in [0.1, 0.15) is 0 Å². The molecule has 1 aliphatic carbocycles. The third-order valence-electron chi connectivity index (χ3n) is 5.70. The minimum absolute atomic E-state index is 0.204. The van der Waals surface area contributed by atoms with E-state index in [1.165, 1.54) is 6.42 Å². The summed E-state index contributed by atoms with van der Waals surface area (Å²) in [7, 11) is 5.54. The fourth-order valence-electron chi connectivity index (χ4n) is 4.60. The van der Waals surface area contributed by atoms with Crippen molar-refractivity contribution in [2.24, 2.45) is 5.92 Å². The summed E-state index contributed by atoms with van der Waals surface area (Å²) in [6, 6.07) is 6.06. The number of likely N-dealkylation sites (tertiary alicyclic amines) is 1. The summed E-state index contributed by atoms with van der Waals surface area (Å²) in [5.41, 5.74) is 0.921. The second-order valence-corrected chi connectivity index (χ2v) is 6.74. The second kappa shape index (κ2) is 6.09. The van der Waals surface area contributed by atoms with Crippen molar-refractivity contribution in [3.8, 4) is 11.5 Å². The maximum absolute atomic E-state index is 11.0. The largest absolute Gasteiger partial charge is 0.493 e. The first-order valence-corrected chi connectivity index (χ1v) is 8.21. The number of rotatable bonds is 3. The van der Waals surface area contributed by atoms with Crippen molar-refractivity contribution in [2.45, 2.75) is 37.2 Å². The van der Waals surface area contributed by atoms with Crippen LogP contribution < -0.4 is 9.47 Å². The number of fused-ring (bicyclic) bond motifs is 1. The molecule has 4 heteroatoms. The third kappa shape index (κ3) is 2.29. The number of benzene rings is 1. The van der Waals surface area contributed by atoms with Crippen LogP contribution in [-0.4, -0.2) is 50.5 Å². The lowest BCUT2D eigenvalue weighted by Crippen LogP contribution is -2.57. The maximum atomic E-state index is 11.0. The van der Waals surface area contributed by atoms with Crippen LogP contribution in [0.1, 0.15) is 31.2 Å². The van der Waals surface area contributed by atoms with Crippen LogP contribution in [0.15, 0.2) is 18.2 Å². The molecule has 0 aromatic heterocycles. The van der Waals surface area contributed by atoms with Crippen LogP contribution in [0.5, 0.6) is 11.5 Å². The fourth-order valence-corrected chi connectivity index (χ4v) is 4.60. The first-order chi connectivity index (χ1) is 10.6. The van der Waals surface area contributed by atoms with Crippen LogP contribution in [0.4, 0.5) is 0 Å². The van der Waals surface area contributed by atoms with Crippen LogP contribution in [-0.2, 0) is 5.41 Å². The summed E-state index contributed by atoms with van der Waals surface area (Å²) in [5.74, 6) is 2.02. The molecule has 3 rings (SSSR count). The number of piperidine rings is 1. The highest BCUT2D eigenvalue weighted by molar-refractivity contribution is 5.51. The number of para-hydroxylation sites is 1. The van der Waals surface area contributed by atoms with E-state index in [2.05, 4.69) is 18.0 Å². The summed E-state index contributed by atoms with van der Waals surface area (Å²) < 4.78 is 11.2. The quantitative estimate of drug-likeness (QED) is 0.931. The Bertz CT molecular complexity index is 533. The summed E-state index contributed by atoms with van der Waals surface area (Å²) in [6.45, 7) is 2.05. The second-order valence-electron chi connectivity index (χ2n) is 6.74. The van der Waals surface area contributed by atoms with Gasteiger partial charge < -0.3 is 19.5 Å². The van der Waals surface area contributed by atoms with Gasteiger partial charge in [0.05, 0.1) is 20.3 Å². The molecule has 0 radical (unpaired) electrons. The summed E-state index contributed by atoms with van der Waals surface area (Å²) in [4.78, 5) is 2.38. The molecule has 1 aromatic carbocycles. The van der Waals surface area contributed by atoms with Gasteiger partial charge in [0.15, 0.2) is 11.5 Å². The van der Waals surface area contributed by atoms with E-state index in [0.717, 1.165) is 49.4 Å². The average molecular weight is 305 g/mol. The SMILES string of the molecule is COc1cccc([C@@]23CCN(C)C[C@H]2CCC[C@@H]3O)c1OC. The number of hydrogen-bond donors (Lipinski definition) is 1. The van der Waals surface area contributed by atoms with Crippen molar-refractivity contribution in [3.05, 3.63) is 23.8 Å². The maximum Gasteiger partial charge on any atom is 0.164 e. The first-order valence-electron chi connectivity index (χ1n) is 8.21. The van der Waals surface area contributed by atoms with E-state index in [-0.39, 0.29) is 11.5 Å². The van der Waals surface area contributed by atoms with E-state index in [4.69, 9.17) is 9.47 Å². The fraction of sp³-hybridized carbons (Fsp3) is 0.667. The highest BCUT2D eigenvalue weighted by Gasteiger charge is 2.52. The Labute approximate surface area is 133 Å². The number of aliphatic hydroxyl groups is 1. The Hall–Kier alpha value is -1.26. The van der Waals surface area contributed by atoms with Gasteiger partial charge in [-0.2, -0.15) is 0 Å². The highest BCUT2D eigenvalue weighted by Crippen LogP contribution is 2.52. The lowest BCUT2D eigenvalue weighted by atomic mass is 9.57. The molecule has 1 aliphatic heterocycles. The smallest absolute Gasteiger partial charge is 0.164 e. The van der Waals surface area contributed by atoms with E-state index in [9.17, 15) is 5.11 Å². The molecule has 1 N–H and O–H groups in total. The molecule has 122 valence electrons. The molecule has 0 unspecified atom stereocenters. The monoisotopic (exact) mass is 305 g/mol. The zero-order valence-electron chi connectivity index (χ0n) is 13.8. The predicted molar refractivity (Wildman–Crippen MR) is 86.7 cm³/mol. The molecule has 1 heterocycles. The van der Waals surface area contributed by atoms with Gasteiger partial charge in [-0.05, 0) is 44.8 Å². The summed E-state index contributed by atoms with van der Waals surface area (Å²) >= 11 is 0. The summed E-state index contributed by atoms with van der Waals surface area (Å²) in [5, 5.41) is 11.0. The topological polar surface area (TPSA) is 41.9 Å². The predicted octanol–water partition coefficient (Wildman–Crippen LogP) is 2.44. The Morgan fingerprint density at radius 2 is 2.05 bits per heavy atom. The standard InChI is InChI=1S/C18H27NO3/c1-19-11-10-18(13(12-19)6-4-9-16(18)20)14-7-5-8-15(21-2)17(14)22-3/h5,7-8,13,16,20H,4,6,9-12H2,1-3H3/t13-,16+,18-/m1/s1. The molecule has 0 amide bonds. The minimum atomic E-state index is -0.305. The molecule has 1 saturated heterocycles. The van der Waals surface area contributed by atoms with E-state index in [1.54, 1.807) is 14.2 Å². The van der Waals surface area contributed by atoms with Gasteiger partial charge in [0.2, 0.25) is 0 Å². The number of aliphatic hydroxyl groups excluding tert-OH is 1. The van der Waals surface area contributed by atoms with E-state index in [0.29, 0.717) is 5.92 Å². The molecule has 22 heavy (non-hydrogen) atoms. The average Bonchev–Trinajstić information content (AvgIpc) is 2.54. The van der Waals surface area contributed by atoms with Gasteiger partial charge >= 0.3 is 0 Å². The van der Waals surface area contributed by atoms with E-state index < -0.39 is 0 Å². The zero-order valence-corrected chi connectivity index (χ0v) is 13.8. The van der Waals surface area contributed by atoms with Gasteiger partial charge in [-0.1, -0.05) is 18.6 Å². The van der Waals surface area contributed by atoms with Gasteiger partial charge in [-0.15, -0.1) is 0 Å². The number of hydrogen-bond acceptors (Lipinski definition) is 4. The van der Waals surface area contributed by atoms with Gasteiger partial charge in [-0.25, -0.2) is 0 Å². The molecule has 0 bridgehead atoms. The van der Waals surface area contributed by atoms with Crippen molar-refractivity contribution in [3.63, 3.8) is 0 Å². The third-order valence-corrected chi connectivity index (χ3v) is 5.70. The Morgan fingerprint density at radius 1 is 1.23 bits per heavy atom. The van der Waals surface area contributed by atoms with Crippen LogP contribution >= 0.6 is 0 Å². The van der Waals surface area contributed by atoms with Crippen LogP contribution in [0.2, 0.25) is 0 Å². The van der Waals surface area contributed by atoms with Gasteiger partial charge in [0.25, 0.3) is 0 Å². The van der Waals surface area contributed by atoms with Gasteiger partial charge in [0, 0.05) is 17.5 Å². The molecule has 4 nitrogen and oxygen atoms in total. The Morgan fingerprint density at radius 3 is 2.77 bits per heavy atom. The van der Waals surface area contributed by atoms with E-state index >= 15 is 0 Å². The molecular formula is C18H27NO3. The van der Waals surface area contributed by atoms with Crippen molar-refractivity contribution < 1.29 is 14.6 Å². The molecule has 0 spiro atoms.